The molecule has 1 fully saturated rings. The van der Waals surface area contributed by atoms with Crippen LogP contribution in [0, 0.1) is 5.82 Å². The van der Waals surface area contributed by atoms with E-state index in [1.54, 1.807) is 18.2 Å². The molecule has 0 aliphatic carbocycles. The Hall–Kier alpha value is -2.31. The molecule has 0 atom stereocenters. The molecule has 0 saturated carbocycles. The first-order valence-electron chi connectivity index (χ1n) is 6.48. The van der Waals surface area contributed by atoms with Crippen molar-refractivity contribution in [1.82, 2.24) is 0 Å². The minimum atomic E-state index is -0.632. The zero-order chi connectivity index (χ0) is 16.6. The Labute approximate surface area is 140 Å². The minimum absolute atomic E-state index is 0.00382. The second kappa shape index (κ2) is 6.06. The summed E-state index contributed by atoms with van der Waals surface area (Å²) in [5.41, 5.74) is 0.620. The Bertz CT molecular complexity index is 853. The SMILES string of the molecule is O=C1S/C(=C\c2ccccc2O)C(=O)N1c1ccc(F)c(Cl)c1. The first-order valence-corrected chi connectivity index (χ1v) is 7.68. The molecule has 0 bridgehead atoms. The summed E-state index contributed by atoms with van der Waals surface area (Å²) >= 11 is 6.44. The van der Waals surface area contributed by atoms with Gasteiger partial charge in [0.25, 0.3) is 11.1 Å². The van der Waals surface area contributed by atoms with Crippen LogP contribution in [0.15, 0.2) is 47.4 Å². The van der Waals surface area contributed by atoms with E-state index < -0.39 is 17.0 Å². The van der Waals surface area contributed by atoms with Gasteiger partial charge in [-0.1, -0.05) is 29.8 Å². The van der Waals surface area contributed by atoms with E-state index in [0.717, 1.165) is 22.7 Å². The van der Waals surface area contributed by atoms with Crippen molar-refractivity contribution in [1.29, 1.82) is 0 Å². The van der Waals surface area contributed by atoms with E-state index in [1.807, 2.05) is 0 Å². The number of carbonyl (C=O) groups excluding carboxylic acids is 2. The van der Waals surface area contributed by atoms with Gasteiger partial charge < -0.3 is 5.11 Å². The Morgan fingerprint density at radius 1 is 1.17 bits per heavy atom. The number of carbonyl (C=O) groups is 2. The van der Waals surface area contributed by atoms with Crippen LogP contribution in [0.2, 0.25) is 5.02 Å². The highest BCUT2D eigenvalue weighted by molar-refractivity contribution is 8.19. The third-order valence-electron chi connectivity index (χ3n) is 3.18. The fourth-order valence-corrected chi connectivity index (χ4v) is 3.07. The molecule has 0 aromatic heterocycles. The molecule has 2 aromatic rings. The number of thioether (sulfide) groups is 1. The Kier molecular flexibility index (Phi) is 4.11. The topological polar surface area (TPSA) is 57.6 Å². The van der Waals surface area contributed by atoms with Crippen molar-refractivity contribution in [3.8, 4) is 5.75 Å². The van der Waals surface area contributed by atoms with Crippen molar-refractivity contribution in [2.24, 2.45) is 0 Å². The third kappa shape index (κ3) is 2.95. The summed E-state index contributed by atoms with van der Waals surface area (Å²) in [6.45, 7) is 0. The quantitative estimate of drug-likeness (QED) is 0.815. The molecule has 1 saturated heterocycles. The molecule has 3 rings (SSSR count). The molecular weight excluding hydrogens is 341 g/mol. The number of nitrogens with zero attached hydrogens (tertiary/aromatic N) is 1. The molecule has 2 amide bonds. The van der Waals surface area contributed by atoms with Crippen LogP contribution in [0.25, 0.3) is 6.08 Å². The smallest absolute Gasteiger partial charge is 0.298 e. The Morgan fingerprint density at radius 2 is 1.91 bits per heavy atom. The van der Waals surface area contributed by atoms with Gasteiger partial charge in [0, 0.05) is 5.56 Å². The average Bonchev–Trinajstić information content (AvgIpc) is 2.79. The van der Waals surface area contributed by atoms with Crippen LogP contribution in [0.5, 0.6) is 5.75 Å². The van der Waals surface area contributed by atoms with Crippen LogP contribution in [-0.2, 0) is 4.79 Å². The Balaban J connectivity index is 1.97. The van der Waals surface area contributed by atoms with Crippen LogP contribution in [0.4, 0.5) is 14.9 Å². The maximum Gasteiger partial charge on any atom is 0.298 e. The molecule has 23 heavy (non-hydrogen) atoms. The third-order valence-corrected chi connectivity index (χ3v) is 4.34. The maximum atomic E-state index is 13.2. The summed E-state index contributed by atoms with van der Waals surface area (Å²) < 4.78 is 13.2. The van der Waals surface area contributed by atoms with Gasteiger partial charge in [0.15, 0.2) is 0 Å². The van der Waals surface area contributed by atoms with Crippen molar-refractivity contribution in [2.75, 3.05) is 4.90 Å². The molecule has 4 nitrogen and oxygen atoms in total. The highest BCUT2D eigenvalue weighted by Crippen LogP contribution is 2.37. The highest BCUT2D eigenvalue weighted by atomic mass is 35.5. The van der Waals surface area contributed by atoms with Gasteiger partial charge >= 0.3 is 0 Å². The van der Waals surface area contributed by atoms with E-state index in [9.17, 15) is 19.1 Å². The fourth-order valence-electron chi connectivity index (χ4n) is 2.07. The monoisotopic (exact) mass is 349 g/mol. The number of amides is 2. The lowest BCUT2D eigenvalue weighted by Gasteiger charge is -2.12. The van der Waals surface area contributed by atoms with Crippen molar-refractivity contribution in [3.63, 3.8) is 0 Å². The second-order valence-electron chi connectivity index (χ2n) is 4.67. The van der Waals surface area contributed by atoms with Crippen LogP contribution < -0.4 is 4.90 Å². The zero-order valence-electron chi connectivity index (χ0n) is 11.5. The lowest BCUT2D eigenvalue weighted by Crippen LogP contribution is -2.27. The summed E-state index contributed by atoms with van der Waals surface area (Å²) in [7, 11) is 0. The molecule has 0 unspecified atom stereocenters. The molecular formula is C16H9ClFNO3S. The number of halogens is 2. The number of phenolic OH excluding ortho intramolecular Hbond substituents is 1. The average molecular weight is 350 g/mol. The normalized spacial score (nSPS) is 16.4. The van der Waals surface area contributed by atoms with E-state index in [-0.39, 0.29) is 21.4 Å². The second-order valence-corrected chi connectivity index (χ2v) is 6.07. The maximum absolute atomic E-state index is 13.2. The number of hydrogen-bond acceptors (Lipinski definition) is 4. The number of imide groups is 1. The van der Waals surface area contributed by atoms with Gasteiger partial charge in [0.05, 0.1) is 15.6 Å². The van der Waals surface area contributed by atoms with Gasteiger partial charge in [0.1, 0.15) is 11.6 Å². The molecule has 1 heterocycles. The Morgan fingerprint density at radius 3 is 2.61 bits per heavy atom. The molecule has 7 heteroatoms. The molecule has 2 aromatic carbocycles. The standard InChI is InChI=1S/C16H9ClFNO3S/c17-11-8-10(5-6-12(11)18)19-15(21)14(23-16(19)22)7-9-3-1-2-4-13(9)20/h1-8,20H/b14-7-. The van der Waals surface area contributed by atoms with Crippen LogP contribution in [-0.4, -0.2) is 16.3 Å². The van der Waals surface area contributed by atoms with Crippen molar-refractivity contribution in [3.05, 3.63) is 63.8 Å². The predicted octanol–water partition coefficient (Wildman–Crippen LogP) is 4.43. The van der Waals surface area contributed by atoms with Gasteiger partial charge in [0.2, 0.25) is 0 Å². The zero-order valence-corrected chi connectivity index (χ0v) is 13.1. The number of phenols is 1. The van der Waals surface area contributed by atoms with Crippen LogP contribution in [0.1, 0.15) is 5.56 Å². The molecule has 1 aliphatic heterocycles. The molecule has 1 aliphatic rings. The molecule has 116 valence electrons. The van der Waals surface area contributed by atoms with Crippen molar-refractivity contribution < 1.29 is 19.1 Å². The van der Waals surface area contributed by atoms with Gasteiger partial charge in [-0.2, -0.15) is 0 Å². The van der Waals surface area contributed by atoms with E-state index in [1.165, 1.54) is 24.3 Å². The number of benzene rings is 2. The van der Waals surface area contributed by atoms with Gasteiger partial charge in [-0.25, -0.2) is 9.29 Å². The number of rotatable bonds is 2. The molecule has 0 spiro atoms. The molecule has 0 radical (unpaired) electrons. The van der Waals surface area contributed by atoms with Gasteiger partial charge in [-0.05, 0) is 42.1 Å². The first-order chi connectivity index (χ1) is 11.0. The van der Waals surface area contributed by atoms with E-state index in [2.05, 4.69) is 0 Å². The largest absolute Gasteiger partial charge is 0.507 e. The fraction of sp³-hybridized carbons (Fsp3) is 0. The minimum Gasteiger partial charge on any atom is -0.507 e. The summed E-state index contributed by atoms with van der Waals surface area (Å²) in [5.74, 6) is -1.18. The van der Waals surface area contributed by atoms with E-state index in [4.69, 9.17) is 11.6 Å². The van der Waals surface area contributed by atoms with Crippen molar-refractivity contribution in [2.45, 2.75) is 0 Å². The number of aromatic hydroxyl groups is 1. The number of hydrogen-bond donors (Lipinski definition) is 1. The number of anilines is 1. The highest BCUT2D eigenvalue weighted by Gasteiger charge is 2.36. The molecule has 1 N–H and O–H groups in total. The van der Waals surface area contributed by atoms with Crippen LogP contribution in [0.3, 0.4) is 0 Å². The van der Waals surface area contributed by atoms with E-state index >= 15 is 0 Å². The summed E-state index contributed by atoms with van der Waals surface area (Å²) in [4.78, 5) is 25.6. The predicted molar refractivity (Wildman–Crippen MR) is 88.0 cm³/mol. The summed E-state index contributed by atoms with van der Waals surface area (Å²) in [6, 6.07) is 10.1. The summed E-state index contributed by atoms with van der Waals surface area (Å²) in [6.07, 6.45) is 1.44. The summed E-state index contributed by atoms with van der Waals surface area (Å²) in [5, 5.41) is 9.06. The number of para-hydroxylation sites is 1. The van der Waals surface area contributed by atoms with Crippen molar-refractivity contribution >= 4 is 46.3 Å². The first kappa shape index (κ1) is 15.6. The van der Waals surface area contributed by atoms with Gasteiger partial charge in [-0.3, -0.25) is 9.59 Å². The van der Waals surface area contributed by atoms with Gasteiger partial charge in [-0.15, -0.1) is 0 Å². The van der Waals surface area contributed by atoms with Crippen LogP contribution >= 0.6 is 23.4 Å². The lowest BCUT2D eigenvalue weighted by molar-refractivity contribution is -0.113. The van der Waals surface area contributed by atoms with E-state index in [0.29, 0.717) is 5.56 Å². The lowest BCUT2D eigenvalue weighted by atomic mass is 10.2.